The van der Waals surface area contributed by atoms with Crippen molar-refractivity contribution in [1.29, 1.82) is 0 Å². The molecule has 0 fully saturated rings. The molecule has 0 aliphatic rings. The number of rotatable bonds is 4. The fourth-order valence-corrected chi connectivity index (χ4v) is 1.59. The Kier molecular flexibility index (Phi) is 4.92. The van der Waals surface area contributed by atoms with Crippen LogP contribution in [0.5, 0.6) is 0 Å². The predicted octanol–water partition coefficient (Wildman–Crippen LogP) is 2.08. The van der Waals surface area contributed by atoms with E-state index < -0.39 is 23.5 Å². The van der Waals surface area contributed by atoms with Gasteiger partial charge in [-0.2, -0.15) is 0 Å². The fourth-order valence-electron chi connectivity index (χ4n) is 1.59. The van der Waals surface area contributed by atoms with Gasteiger partial charge < -0.3 is 14.5 Å². The maximum absolute atomic E-state index is 12.1. The second-order valence-electron chi connectivity index (χ2n) is 6.00. The van der Waals surface area contributed by atoms with Crippen molar-refractivity contribution in [3.63, 3.8) is 0 Å². The van der Waals surface area contributed by atoms with Gasteiger partial charge in [0, 0.05) is 0 Å². The number of hydrogen-bond acceptors (Lipinski definition) is 5. The van der Waals surface area contributed by atoms with E-state index in [9.17, 15) is 9.59 Å². The van der Waals surface area contributed by atoms with Gasteiger partial charge in [-0.3, -0.25) is 4.79 Å². The zero-order valence-corrected chi connectivity index (χ0v) is 12.8. The van der Waals surface area contributed by atoms with Crippen LogP contribution in [-0.4, -0.2) is 28.5 Å². The Morgan fingerprint density at radius 2 is 1.95 bits per heavy atom. The van der Waals surface area contributed by atoms with Crippen molar-refractivity contribution in [2.45, 2.75) is 53.2 Å². The number of aromatic nitrogens is 1. The fraction of sp³-hybridized carbons (Fsp3) is 0.643. The molecular formula is C14H22N2O4. The van der Waals surface area contributed by atoms with Gasteiger partial charge in [0.25, 0.3) is 5.91 Å². The smallest absolute Gasteiger partial charge is 0.329 e. The third-order valence-corrected chi connectivity index (χ3v) is 2.57. The molecule has 1 N–H and O–H groups in total. The first-order chi connectivity index (χ1) is 9.11. The molecule has 0 spiro atoms. The molecule has 6 heteroatoms. The summed E-state index contributed by atoms with van der Waals surface area (Å²) in [5, 5.41) is 2.63. The molecule has 0 aromatic carbocycles. The topological polar surface area (TPSA) is 81.4 Å². The molecule has 0 saturated heterocycles. The monoisotopic (exact) mass is 282 g/mol. The molecule has 20 heavy (non-hydrogen) atoms. The summed E-state index contributed by atoms with van der Waals surface area (Å²) in [4.78, 5) is 28.0. The van der Waals surface area contributed by atoms with Crippen molar-refractivity contribution in [2.24, 2.45) is 5.92 Å². The van der Waals surface area contributed by atoms with Crippen LogP contribution in [0, 0.1) is 12.8 Å². The summed E-state index contributed by atoms with van der Waals surface area (Å²) in [6, 6.07) is -0.730. The number of oxazole rings is 1. The summed E-state index contributed by atoms with van der Waals surface area (Å²) in [5.41, 5.74) is -0.119. The Morgan fingerprint density at radius 3 is 2.35 bits per heavy atom. The van der Waals surface area contributed by atoms with E-state index in [2.05, 4.69) is 10.3 Å². The van der Waals surface area contributed by atoms with Gasteiger partial charge in [0.05, 0.1) is 5.69 Å². The number of hydrogen-bond donors (Lipinski definition) is 1. The summed E-state index contributed by atoms with van der Waals surface area (Å²) < 4.78 is 10.3. The minimum absolute atomic E-state index is 0.1000. The largest absolute Gasteiger partial charge is 0.458 e. The number of nitrogens with one attached hydrogen (secondary N) is 1. The van der Waals surface area contributed by atoms with Crippen LogP contribution in [0.2, 0.25) is 0 Å². The molecule has 0 bridgehead atoms. The van der Waals surface area contributed by atoms with E-state index >= 15 is 0 Å². The standard InChI is InChI=1S/C14H22N2O4/c1-8(2)10(13(18)20-14(4,5)6)16-12(17)11-9(3)15-7-19-11/h7-8,10H,1-6H3,(H,16,17)/t10-/m0/s1. The van der Waals surface area contributed by atoms with E-state index in [-0.39, 0.29) is 11.7 Å². The Hall–Kier alpha value is -1.85. The van der Waals surface area contributed by atoms with Crippen molar-refractivity contribution in [3.8, 4) is 0 Å². The van der Waals surface area contributed by atoms with Gasteiger partial charge in [0.15, 0.2) is 6.39 Å². The van der Waals surface area contributed by atoms with Gasteiger partial charge in [-0.1, -0.05) is 13.8 Å². The first-order valence-electron chi connectivity index (χ1n) is 6.55. The van der Waals surface area contributed by atoms with Crippen molar-refractivity contribution in [2.75, 3.05) is 0 Å². The number of carbonyl (C=O) groups is 2. The molecule has 1 amide bonds. The van der Waals surface area contributed by atoms with Crippen LogP contribution in [0.3, 0.4) is 0 Å². The van der Waals surface area contributed by atoms with Gasteiger partial charge in [0.1, 0.15) is 11.6 Å². The lowest BCUT2D eigenvalue weighted by Gasteiger charge is -2.26. The first kappa shape index (κ1) is 16.2. The van der Waals surface area contributed by atoms with Gasteiger partial charge in [0.2, 0.25) is 5.76 Å². The highest BCUT2D eigenvalue weighted by molar-refractivity contribution is 5.95. The molecule has 1 aromatic heterocycles. The van der Waals surface area contributed by atoms with Gasteiger partial charge in [-0.05, 0) is 33.6 Å². The average molecular weight is 282 g/mol. The van der Waals surface area contributed by atoms with E-state index in [1.165, 1.54) is 6.39 Å². The number of ether oxygens (including phenoxy) is 1. The van der Waals surface area contributed by atoms with Crippen LogP contribution in [0.15, 0.2) is 10.8 Å². The zero-order valence-electron chi connectivity index (χ0n) is 12.8. The van der Waals surface area contributed by atoms with Crippen molar-refractivity contribution >= 4 is 11.9 Å². The van der Waals surface area contributed by atoms with Crippen LogP contribution < -0.4 is 5.32 Å². The summed E-state index contributed by atoms with van der Waals surface area (Å²) in [5.74, 6) is -0.918. The highest BCUT2D eigenvalue weighted by Gasteiger charge is 2.30. The van der Waals surface area contributed by atoms with E-state index in [1.54, 1.807) is 27.7 Å². The van der Waals surface area contributed by atoms with Crippen molar-refractivity contribution < 1.29 is 18.7 Å². The Morgan fingerprint density at radius 1 is 1.35 bits per heavy atom. The predicted molar refractivity (Wildman–Crippen MR) is 73.2 cm³/mol. The SMILES string of the molecule is Cc1ncoc1C(=O)N[C@H](C(=O)OC(C)(C)C)C(C)C. The van der Waals surface area contributed by atoms with Gasteiger partial charge >= 0.3 is 5.97 Å². The summed E-state index contributed by atoms with van der Waals surface area (Å²) >= 11 is 0. The van der Waals surface area contributed by atoms with Crippen LogP contribution >= 0.6 is 0 Å². The van der Waals surface area contributed by atoms with Crippen LogP contribution in [0.1, 0.15) is 50.9 Å². The van der Waals surface area contributed by atoms with Crippen molar-refractivity contribution in [1.82, 2.24) is 10.3 Å². The number of nitrogens with zero attached hydrogens (tertiary/aromatic N) is 1. The minimum Gasteiger partial charge on any atom is -0.458 e. The molecule has 1 heterocycles. The highest BCUT2D eigenvalue weighted by Crippen LogP contribution is 2.13. The summed E-state index contributed by atoms with van der Waals surface area (Å²) in [6.07, 6.45) is 1.20. The molecule has 1 rings (SSSR count). The minimum atomic E-state index is -0.730. The number of esters is 1. The number of amides is 1. The molecule has 0 radical (unpaired) electrons. The molecule has 0 unspecified atom stereocenters. The lowest BCUT2D eigenvalue weighted by atomic mass is 10.0. The summed E-state index contributed by atoms with van der Waals surface area (Å²) in [6.45, 7) is 10.7. The van der Waals surface area contributed by atoms with E-state index in [1.807, 2.05) is 13.8 Å². The lowest BCUT2D eigenvalue weighted by Crippen LogP contribution is -2.47. The Balaban J connectivity index is 2.81. The van der Waals surface area contributed by atoms with E-state index in [0.29, 0.717) is 5.69 Å². The second-order valence-corrected chi connectivity index (χ2v) is 6.00. The second kappa shape index (κ2) is 6.07. The van der Waals surface area contributed by atoms with Gasteiger partial charge in [-0.15, -0.1) is 0 Å². The maximum Gasteiger partial charge on any atom is 0.329 e. The van der Waals surface area contributed by atoms with Crippen LogP contribution in [-0.2, 0) is 9.53 Å². The molecule has 0 aliphatic heterocycles. The number of aryl methyl sites for hydroxylation is 1. The first-order valence-corrected chi connectivity index (χ1v) is 6.55. The van der Waals surface area contributed by atoms with Crippen molar-refractivity contribution in [3.05, 3.63) is 17.8 Å². The molecule has 0 aliphatic carbocycles. The highest BCUT2D eigenvalue weighted by atomic mass is 16.6. The number of carbonyl (C=O) groups excluding carboxylic acids is 2. The quantitative estimate of drug-likeness (QED) is 0.855. The molecular weight excluding hydrogens is 260 g/mol. The molecule has 1 atom stereocenters. The molecule has 1 aromatic rings. The van der Waals surface area contributed by atoms with Crippen LogP contribution in [0.4, 0.5) is 0 Å². The third kappa shape index (κ3) is 4.36. The van der Waals surface area contributed by atoms with E-state index in [4.69, 9.17) is 9.15 Å². The molecule has 112 valence electrons. The average Bonchev–Trinajstić information content (AvgIpc) is 2.69. The molecule has 6 nitrogen and oxygen atoms in total. The van der Waals surface area contributed by atoms with Gasteiger partial charge in [-0.25, -0.2) is 9.78 Å². The third-order valence-electron chi connectivity index (χ3n) is 2.57. The van der Waals surface area contributed by atoms with Crippen LogP contribution in [0.25, 0.3) is 0 Å². The zero-order chi connectivity index (χ0) is 15.5. The summed E-state index contributed by atoms with van der Waals surface area (Å²) in [7, 11) is 0. The Bertz CT molecular complexity index is 486. The maximum atomic E-state index is 12.1. The van der Waals surface area contributed by atoms with E-state index in [0.717, 1.165) is 0 Å². The Labute approximate surface area is 118 Å². The normalized spacial score (nSPS) is 13.2. The lowest BCUT2D eigenvalue weighted by molar-refractivity contribution is -0.158. The molecule has 0 saturated carbocycles.